The highest BCUT2D eigenvalue weighted by Gasteiger charge is 2.17. The molecule has 2 heterocycles. The molecular weight excluding hydrogens is 290 g/mol. The Kier molecular flexibility index (Phi) is 5.12. The van der Waals surface area contributed by atoms with Crippen LogP contribution in [-0.4, -0.2) is 26.7 Å². The van der Waals surface area contributed by atoms with Crippen LogP contribution in [0.3, 0.4) is 0 Å². The summed E-state index contributed by atoms with van der Waals surface area (Å²) in [5.74, 6) is 0.621. The highest BCUT2D eigenvalue weighted by molar-refractivity contribution is 5.85. The molecule has 21 heavy (non-hydrogen) atoms. The van der Waals surface area contributed by atoms with Crippen LogP contribution in [-0.2, 0) is 13.6 Å². The Balaban J connectivity index is 0.00000161. The van der Waals surface area contributed by atoms with Crippen LogP contribution in [0.2, 0.25) is 0 Å². The van der Waals surface area contributed by atoms with Crippen LogP contribution < -0.4 is 10.1 Å². The summed E-state index contributed by atoms with van der Waals surface area (Å²) in [5, 5.41) is 12.0. The monoisotopic (exact) mass is 311 g/mol. The number of methoxy groups -OCH3 is 1. The van der Waals surface area contributed by atoms with Crippen LogP contribution >= 0.6 is 12.4 Å². The molecule has 0 radical (unpaired) electrons. The van der Waals surface area contributed by atoms with E-state index in [1.165, 1.54) is 31.2 Å². The third-order valence-corrected chi connectivity index (χ3v) is 3.83. The molecule has 0 aliphatic heterocycles. The van der Waals surface area contributed by atoms with Crippen LogP contribution in [0.1, 0.15) is 37.3 Å². The highest BCUT2D eigenvalue weighted by atomic mass is 35.5. The van der Waals surface area contributed by atoms with E-state index in [4.69, 9.17) is 4.74 Å². The Labute approximate surface area is 130 Å². The number of ether oxygens (including phenoxy) is 1. The molecule has 0 bridgehead atoms. The molecule has 0 atom stereocenters. The van der Waals surface area contributed by atoms with E-state index >= 15 is 0 Å². The standard InChI is InChI=1S/C14H21N5O.ClH/c1-18-10-13(14(17-18)20-2)15-7-11-8-16-19(9-11)12-5-3-4-6-12;/h8-10,12,15H,3-7H2,1-2H3;1H. The number of anilines is 1. The smallest absolute Gasteiger partial charge is 0.256 e. The van der Waals surface area contributed by atoms with Crippen molar-refractivity contribution in [3.05, 3.63) is 24.2 Å². The molecule has 2 aromatic rings. The molecule has 3 rings (SSSR count). The number of hydrogen-bond acceptors (Lipinski definition) is 4. The van der Waals surface area contributed by atoms with Gasteiger partial charge >= 0.3 is 0 Å². The Morgan fingerprint density at radius 2 is 2.10 bits per heavy atom. The lowest BCUT2D eigenvalue weighted by Gasteiger charge is -2.08. The first-order chi connectivity index (χ1) is 9.76. The average molecular weight is 312 g/mol. The van der Waals surface area contributed by atoms with Gasteiger partial charge in [0.05, 0.1) is 25.5 Å². The molecule has 0 spiro atoms. The zero-order valence-corrected chi connectivity index (χ0v) is 13.3. The molecule has 0 unspecified atom stereocenters. The molecule has 1 saturated carbocycles. The minimum atomic E-state index is 0. The molecule has 0 aromatic carbocycles. The maximum atomic E-state index is 5.23. The third kappa shape index (κ3) is 3.50. The Hall–Kier alpha value is -1.69. The van der Waals surface area contributed by atoms with Crippen molar-refractivity contribution in [1.82, 2.24) is 19.6 Å². The summed E-state index contributed by atoms with van der Waals surface area (Å²) in [5.41, 5.74) is 2.09. The van der Waals surface area contributed by atoms with E-state index in [9.17, 15) is 0 Å². The van der Waals surface area contributed by atoms with Gasteiger partial charge in [-0.2, -0.15) is 5.10 Å². The number of nitrogens with one attached hydrogen (secondary N) is 1. The van der Waals surface area contributed by atoms with Gasteiger partial charge in [-0.05, 0) is 12.8 Å². The van der Waals surface area contributed by atoms with Gasteiger partial charge in [0.1, 0.15) is 5.69 Å². The van der Waals surface area contributed by atoms with E-state index in [-0.39, 0.29) is 12.4 Å². The minimum Gasteiger partial charge on any atom is -0.478 e. The second kappa shape index (κ2) is 6.85. The Bertz CT molecular complexity index is 574. The van der Waals surface area contributed by atoms with E-state index in [1.54, 1.807) is 11.8 Å². The number of aryl methyl sites for hydroxylation is 1. The lowest BCUT2D eigenvalue weighted by molar-refractivity contribution is 0.393. The second-order valence-electron chi connectivity index (χ2n) is 5.35. The summed E-state index contributed by atoms with van der Waals surface area (Å²) in [6, 6.07) is 0.594. The van der Waals surface area contributed by atoms with Crippen molar-refractivity contribution in [3.63, 3.8) is 0 Å². The fraction of sp³-hybridized carbons (Fsp3) is 0.571. The first kappa shape index (κ1) is 15.7. The quantitative estimate of drug-likeness (QED) is 0.922. The SMILES string of the molecule is COc1nn(C)cc1NCc1cnn(C2CCCC2)c1.Cl. The summed E-state index contributed by atoms with van der Waals surface area (Å²) in [4.78, 5) is 0. The van der Waals surface area contributed by atoms with Crippen LogP contribution in [0.15, 0.2) is 18.6 Å². The van der Waals surface area contributed by atoms with E-state index in [1.807, 2.05) is 19.4 Å². The van der Waals surface area contributed by atoms with Crippen molar-refractivity contribution >= 4 is 18.1 Å². The molecule has 2 aromatic heterocycles. The molecule has 1 N–H and O–H groups in total. The minimum absolute atomic E-state index is 0. The highest BCUT2D eigenvalue weighted by Crippen LogP contribution is 2.29. The van der Waals surface area contributed by atoms with E-state index in [0.717, 1.165) is 12.2 Å². The third-order valence-electron chi connectivity index (χ3n) is 3.83. The maximum Gasteiger partial charge on any atom is 0.256 e. The van der Waals surface area contributed by atoms with Gasteiger partial charge in [0, 0.05) is 25.4 Å². The second-order valence-corrected chi connectivity index (χ2v) is 5.35. The largest absolute Gasteiger partial charge is 0.478 e. The number of halogens is 1. The van der Waals surface area contributed by atoms with Gasteiger partial charge in [0.2, 0.25) is 0 Å². The van der Waals surface area contributed by atoms with Crippen LogP contribution in [0.25, 0.3) is 0 Å². The van der Waals surface area contributed by atoms with Gasteiger partial charge in [-0.15, -0.1) is 17.5 Å². The molecule has 7 heteroatoms. The summed E-state index contributed by atoms with van der Waals surface area (Å²) in [6.07, 6.45) is 11.2. The number of aromatic nitrogens is 4. The van der Waals surface area contributed by atoms with Crippen LogP contribution in [0.5, 0.6) is 5.88 Å². The van der Waals surface area contributed by atoms with Gasteiger partial charge in [-0.25, -0.2) is 0 Å². The molecule has 0 saturated heterocycles. The average Bonchev–Trinajstić information content (AvgIpc) is 3.16. The molecule has 1 fully saturated rings. The number of nitrogens with zero attached hydrogens (tertiary/aromatic N) is 4. The van der Waals surface area contributed by atoms with Crippen molar-refractivity contribution in [2.24, 2.45) is 7.05 Å². The maximum absolute atomic E-state index is 5.23. The van der Waals surface area contributed by atoms with Crippen molar-refractivity contribution in [1.29, 1.82) is 0 Å². The summed E-state index contributed by atoms with van der Waals surface area (Å²) < 4.78 is 9.08. The number of rotatable bonds is 5. The van der Waals surface area contributed by atoms with Crippen molar-refractivity contribution in [2.45, 2.75) is 38.3 Å². The number of hydrogen-bond donors (Lipinski definition) is 1. The Morgan fingerprint density at radius 3 is 2.81 bits per heavy atom. The zero-order valence-electron chi connectivity index (χ0n) is 12.5. The van der Waals surface area contributed by atoms with Gasteiger partial charge in [-0.3, -0.25) is 9.36 Å². The molecule has 0 amide bonds. The summed E-state index contributed by atoms with van der Waals surface area (Å²) >= 11 is 0. The predicted molar refractivity (Wildman–Crippen MR) is 84.1 cm³/mol. The molecule has 1 aliphatic rings. The van der Waals surface area contributed by atoms with Gasteiger partial charge in [0.15, 0.2) is 0 Å². The molecule has 6 nitrogen and oxygen atoms in total. The van der Waals surface area contributed by atoms with Crippen LogP contribution in [0.4, 0.5) is 5.69 Å². The van der Waals surface area contributed by atoms with Gasteiger partial charge < -0.3 is 10.1 Å². The van der Waals surface area contributed by atoms with E-state index < -0.39 is 0 Å². The zero-order chi connectivity index (χ0) is 13.9. The van der Waals surface area contributed by atoms with Crippen molar-refractivity contribution < 1.29 is 4.74 Å². The fourth-order valence-electron chi connectivity index (χ4n) is 2.77. The fourth-order valence-corrected chi connectivity index (χ4v) is 2.77. The first-order valence-corrected chi connectivity index (χ1v) is 7.11. The van der Waals surface area contributed by atoms with Crippen LogP contribution in [0, 0.1) is 0 Å². The van der Waals surface area contributed by atoms with Crippen molar-refractivity contribution in [3.8, 4) is 5.88 Å². The van der Waals surface area contributed by atoms with Crippen molar-refractivity contribution in [2.75, 3.05) is 12.4 Å². The van der Waals surface area contributed by atoms with E-state index in [0.29, 0.717) is 11.9 Å². The summed E-state index contributed by atoms with van der Waals surface area (Å²) in [6.45, 7) is 0.731. The summed E-state index contributed by atoms with van der Waals surface area (Å²) in [7, 11) is 3.51. The first-order valence-electron chi connectivity index (χ1n) is 7.11. The normalized spacial score (nSPS) is 15.0. The topological polar surface area (TPSA) is 56.9 Å². The van der Waals surface area contributed by atoms with E-state index in [2.05, 4.69) is 26.4 Å². The van der Waals surface area contributed by atoms with Gasteiger partial charge in [-0.1, -0.05) is 12.8 Å². The lowest BCUT2D eigenvalue weighted by atomic mass is 10.2. The predicted octanol–water partition coefficient (Wildman–Crippen LogP) is 2.77. The molecule has 1 aliphatic carbocycles. The molecule has 116 valence electrons. The Morgan fingerprint density at radius 1 is 1.33 bits per heavy atom. The van der Waals surface area contributed by atoms with Gasteiger partial charge in [0.25, 0.3) is 5.88 Å². The molecular formula is C14H22ClN5O. The lowest BCUT2D eigenvalue weighted by Crippen LogP contribution is -2.04.